The van der Waals surface area contributed by atoms with Crippen LogP contribution in [0.1, 0.15) is 16.7 Å². The van der Waals surface area contributed by atoms with Crippen molar-refractivity contribution in [3.8, 4) is 5.75 Å². The molecule has 4 heteroatoms. The van der Waals surface area contributed by atoms with Gasteiger partial charge in [-0.25, -0.2) is 4.39 Å². The highest BCUT2D eigenvalue weighted by molar-refractivity contribution is 6.31. The van der Waals surface area contributed by atoms with E-state index in [0.717, 1.165) is 35.4 Å². The molecule has 0 aliphatic carbocycles. The second-order valence-corrected chi connectivity index (χ2v) is 6.45. The minimum atomic E-state index is -0.202. The SMILES string of the molecule is Fc1ccc(CCNCc2ccccc2OCc2ccccc2Cl)cc1. The Kier molecular flexibility index (Phi) is 6.64. The van der Waals surface area contributed by atoms with Crippen molar-refractivity contribution >= 4 is 11.6 Å². The van der Waals surface area contributed by atoms with Crippen LogP contribution in [0.15, 0.2) is 72.8 Å². The number of hydrogen-bond acceptors (Lipinski definition) is 2. The molecule has 3 rings (SSSR count). The highest BCUT2D eigenvalue weighted by Crippen LogP contribution is 2.22. The lowest BCUT2D eigenvalue weighted by Crippen LogP contribution is -2.17. The second-order valence-electron chi connectivity index (χ2n) is 6.04. The molecule has 3 aromatic carbocycles. The smallest absolute Gasteiger partial charge is 0.124 e. The fourth-order valence-electron chi connectivity index (χ4n) is 2.67. The molecule has 0 aliphatic rings. The van der Waals surface area contributed by atoms with E-state index in [4.69, 9.17) is 16.3 Å². The molecule has 1 N–H and O–H groups in total. The number of halogens is 2. The molecule has 26 heavy (non-hydrogen) atoms. The second kappa shape index (κ2) is 9.37. The van der Waals surface area contributed by atoms with Crippen molar-refractivity contribution in [2.45, 2.75) is 19.6 Å². The maximum atomic E-state index is 12.9. The van der Waals surface area contributed by atoms with Gasteiger partial charge in [-0.05, 0) is 42.8 Å². The van der Waals surface area contributed by atoms with Crippen molar-refractivity contribution < 1.29 is 9.13 Å². The van der Waals surface area contributed by atoms with E-state index in [1.807, 2.05) is 60.7 Å². The zero-order chi connectivity index (χ0) is 18.2. The van der Waals surface area contributed by atoms with Gasteiger partial charge in [0.25, 0.3) is 0 Å². The minimum absolute atomic E-state index is 0.202. The molecule has 0 fully saturated rings. The van der Waals surface area contributed by atoms with Crippen molar-refractivity contribution in [1.82, 2.24) is 5.32 Å². The van der Waals surface area contributed by atoms with Gasteiger partial charge >= 0.3 is 0 Å². The maximum Gasteiger partial charge on any atom is 0.124 e. The van der Waals surface area contributed by atoms with Crippen LogP contribution in [0.4, 0.5) is 4.39 Å². The highest BCUT2D eigenvalue weighted by Gasteiger charge is 2.05. The van der Waals surface area contributed by atoms with Gasteiger partial charge < -0.3 is 10.1 Å². The number of hydrogen-bond donors (Lipinski definition) is 1. The Morgan fingerprint density at radius 1 is 0.846 bits per heavy atom. The third-order valence-corrected chi connectivity index (χ3v) is 4.50. The molecule has 0 unspecified atom stereocenters. The van der Waals surface area contributed by atoms with Gasteiger partial charge in [0.05, 0.1) is 0 Å². The molecule has 2 nitrogen and oxygen atoms in total. The lowest BCUT2D eigenvalue weighted by molar-refractivity contribution is 0.302. The summed E-state index contributed by atoms with van der Waals surface area (Å²) in [6.45, 7) is 1.95. The molecule has 134 valence electrons. The first-order valence-electron chi connectivity index (χ1n) is 8.61. The van der Waals surface area contributed by atoms with Crippen molar-refractivity contribution in [2.24, 2.45) is 0 Å². The maximum absolute atomic E-state index is 12.9. The van der Waals surface area contributed by atoms with Crippen LogP contribution in [0.5, 0.6) is 5.75 Å². The van der Waals surface area contributed by atoms with E-state index in [-0.39, 0.29) is 5.82 Å². The Morgan fingerprint density at radius 2 is 1.54 bits per heavy atom. The molecule has 0 atom stereocenters. The van der Waals surface area contributed by atoms with Gasteiger partial charge in [0.1, 0.15) is 18.2 Å². The van der Waals surface area contributed by atoms with E-state index in [1.165, 1.54) is 12.1 Å². The van der Waals surface area contributed by atoms with Crippen LogP contribution in [-0.4, -0.2) is 6.54 Å². The molecule has 3 aromatic rings. The summed E-state index contributed by atoms with van der Waals surface area (Å²) in [5, 5.41) is 4.13. The number of benzene rings is 3. The van der Waals surface area contributed by atoms with Gasteiger partial charge in [-0.3, -0.25) is 0 Å². The first kappa shape index (κ1) is 18.4. The van der Waals surface area contributed by atoms with Crippen molar-refractivity contribution in [3.63, 3.8) is 0 Å². The number of ether oxygens (including phenoxy) is 1. The Morgan fingerprint density at radius 3 is 2.31 bits per heavy atom. The number of nitrogens with one attached hydrogen (secondary N) is 1. The Bertz CT molecular complexity index is 836. The van der Waals surface area contributed by atoms with E-state index in [1.54, 1.807) is 0 Å². The zero-order valence-electron chi connectivity index (χ0n) is 14.4. The molecule has 0 aromatic heterocycles. The van der Waals surface area contributed by atoms with Crippen molar-refractivity contribution in [1.29, 1.82) is 0 Å². The summed E-state index contributed by atoms with van der Waals surface area (Å²) in [5.41, 5.74) is 3.18. The summed E-state index contributed by atoms with van der Waals surface area (Å²) in [6.07, 6.45) is 0.850. The molecule has 0 bridgehead atoms. The summed E-state index contributed by atoms with van der Waals surface area (Å²) in [7, 11) is 0. The minimum Gasteiger partial charge on any atom is -0.489 e. The van der Waals surface area contributed by atoms with Crippen LogP contribution in [0.2, 0.25) is 5.02 Å². The van der Waals surface area contributed by atoms with Crippen LogP contribution in [0, 0.1) is 5.82 Å². The molecule has 0 saturated heterocycles. The Balaban J connectivity index is 1.52. The summed E-state index contributed by atoms with van der Waals surface area (Å²) in [4.78, 5) is 0. The van der Waals surface area contributed by atoms with Crippen molar-refractivity contribution in [3.05, 3.63) is 100 Å². The van der Waals surface area contributed by atoms with Crippen LogP contribution in [0.25, 0.3) is 0 Å². The number of para-hydroxylation sites is 1. The Labute approximate surface area is 158 Å². The molecule has 0 heterocycles. The topological polar surface area (TPSA) is 21.3 Å². The largest absolute Gasteiger partial charge is 0.489 e. The quantitative estimate of drug-likeness (QED) is 0.537. The van der Waals surface area contributed by atoms with Crippen LogP contribution < -0.4 is 10.1 Å². The standard InChI is InChI=1S/C22H21ClFNO/c23-21-7-3-1-6-19(21)16-26-22-8-4-2-5-18(22)15-25-14-13-17-9-11-20(24)12-10-17/h1-12,25H,13-16H2. The Hall–Kier alpha value is -2.36. The lowest BCUT2D eigenvalue weighted by atomic mass is 10.1. The van der Waals surface area contributed by atoms with E-state index >= 15 is 0 Å². The normalized spacial score (nSPS) is 10.7. The van der Waals surface area contributed by atoms with E-state index < -0.39 is 0 Å². The highest BCUT2D eigenvalue weighted by atomic mass is 35.5. The fraction of sp³-hybridized carbons (Fsp3) is 0.182. The van der Waals surface area contributed by atoms with Crippen LogP contribution in [-0.2, 0) is 19.6 Å². The molecular weight excluding hydrogens is 349 g/mol. The van der Waals surface area contributed by atoms with E-state index in [0.29, 0.717) is 18.2 Å². The molecule has 0 amide bonds. The van der Waals surface area contributed by atoms with E-state index in [9.17, 15) is 4.39 Å². The monoisotopic (exact) mass is 369 g/mol. The van der Waals surface area contributed by atoms with Gasteiger partial charge in [0.2, 0.25) is 0 Å². The summed E-state index contributed by atoms with van der Waals surface area (Å²) in [5.74, 6) is 0.646. The first-order valence-corrected chi connectivity index (χ1v) is 8.99. The molecule has 0 saturated carbocycles. The van der Waals surface area contributed by atoms with Crippen LogP contribution in [0.3, 0.4) is 0 Å². The fourth-order valence-corrected chi connectivity index (χ4v) is 2.86. The molecular formula is C22H21ClFNO. The van der Waals surface area contributed by atoms with Crippen LogP contribution >= 0.6 is 11.6 Å². The zero-order valence-corrected chi connectivity index (χ0v) is 15.2. The third kappa shape index (κ3) is 5.32. The summed E-state index contributed by atoms with van der Waals surface area (Å²) >= 11 is 6.18. The predicted molar refractivity (Wildman–Crippen MR) is 104 cm³/mol. The lowest BCUT2D eigenvalue weighted by Gasteiger charge is -2.13. The molecule has 0 spiro atoms. The average molecular weight is 370 g/mol. The predicted octanol–water partition coefficient (Wildman–Crippen LogP) is 5.39. The van der Waals surface area contributed by atoms with Gasteiger partial charge in [-0.2, -0.15) is 0 Å². The van der Waals surface area contributed by atoms with Gasteiger partial charge in [-0.15, -0.1) is 0 Å². The number of rotatable bonds is 8. The van der Waals surface area contributed by atoms with E-state index in [2.05, 4.69) is 5.32 Å². The average Bonchev–Trinajstić information content (AvgIpc) is 2.67. The summed E-state index contributed by atoms with van der Waals surface area (Å²) in [6, 6.07) is 22.3. The van der Waals surface area contributed by atoms with Gasteiger partial charge in [0, 0.05) is 22.7 Å². The van der Waals surface area contributed by atoms with Gasteiger partial charge in [0.15, 0.2) is 0 Å². The molecule has 0 aliphatic heterocycles. The first-order chi connectivity index (χ1) is 12.7. The van der Waals surface area contributed by atoms with Crippen molar-refractivity contribution in [2.75, 3.05) is 6.54 Å². The molecule has 0 radical (unpaired) electrons. The third-order valence-electron chi connectivity index (χ3n) is 4.13. The summed E-state index contributed by atoms with van der Waals surface area (Å²) < 4.78 is 18.9. The van der Waals surface area contributed by atoms with Gasteiger partial charge in [-0.1, -0.05) is 60.1 Å².